The van der Waals surface area contributed by atoms with Crippen molar-refractivity contribution in [1.29, 1.82) is 0 Å². The molecule has 0 heterocycles. The predicted molar refractivity (Wildman–Crippen MR) is 89.5 cm³/mol. The molecule has 124 valence electrons. The van der Waals surface area contributed by atoms with Crippen molar-refractivity contribution in [2.45, 2.75) is 58.5 Å². The Morgan fingerprint density at radius 2 is 1.95 bits per heavy atom. The van der Waals surface area contributed by atoms with Gasteiger partial charge in [0.1, 0.15) is 0 Å². The molecule has 21 heavy (non-hydrogen) atoms. The Bertz CT molecular complexity index is 306. The molecule has 3 nitrogen and oxygen atoms in total. The minimum absolute atomic E-state index is 0.681. The number of nitrogens with one attached hydrogen (secondary N) is 1. The normalized spacial score (nSPS) is 35.1. The molecule has 1 N–H and O–H groups in total. The van der Waals surface area contributed by atoms with Gasteiger partial charge in [-0.05, 0) is 63.3 Å². The predicted octanol–water partition coefficient (Wildman–Crippen LogP) is 3.00. The maximum absolute atomic E-state index is 5.35. The second kappa shape index (κ2) is 7.94. The van der Waals surface area contributed by atoms with Crippen molar-refractivity contribution in [3.05, 3.63) is 0 Å². The highest BCUT2D eigenvalue weighted by Gasteiger charge is 2.37. The Morgan fingerprint density at radius 1 is 1.24 bits per heavy atom. The molecule has 0 amide bonds. The van der Waals surface area contributed by atoms with Gasteiger partial charge in [-0.2, -0.15) is 0 Å². The van der Waals surface area contributed by atoms with Gasteiger partial charge in [-0.15, -0.1) is 0 Å². The summed E-state index contributed by atoms with van der Waals surface area (Å²) in [6.07, 6.45) is 5.58. The van der Waals surface area contributed by atoms with E-state index in [4.69, 9.17) is 4.74 Å². The molecule has 2 fully saturated rings. The first kappa shape index (κ1) is 17.2. The van der Waals surface area contributed by atoms with Crippen LogP contribution in [0.4, 0.5) is 0 Å². The van der Waals surface area contributed by atoms with Gasteiger partial charge in [-0.25, -0.2) is 0 Å². The molecule has 2 aliphatic rings. The van der Waals surface area contributed by atoms with Crippen LogP contribution in [-0.4, -0.2) is 50.8 Å². The highest BCUT2D eigenvalue weighted by Crippen LogP contribution is 2.38. The lowest BCUT2D eigenvalue weighted by Gasteiger charge is -2.43. The third-order valence-electron chi connectivity index (χ3n) is 5.96. The first-order valence-electron chi connectivity index (χ1n) is 8.97. The molecule has 0 bridgehead atoms. The smallest absolute Gasteiger partial charge is 0.0589 e. The molecular weight excluding hydrogens is 260 g/mol. The number of hydrogen-bond acceptors (Lipinski definition) is 3. The van der Waals surface area contributed by atoms with Crippen LogP contribution in [0.3, 0.4) is 0 Å². The zero-order chi connectivity index (χ0) is 15.4. The van der Waals surface area contributed by atoms with Crippen LogP contribution in [0.1, 0.15) is 46.5 Å². The van der Waals surface area contributed by atoms with Crippen molar-refractivity contribution in [3.8, 4) is 0 Å². The Hall–Kier alpha value is -0.120. The van der Waals surface area contributed by atoms with Crippen LogP contribution in [-0.2, 0) is 4.74 Å². The second-order valence-corrected chi connectivity index (χ2v) is 7.68. The number of hydrogen-bond donors (Lipinski definition) is 1. The molecule has 5 atom stereocenters. The SMILES string of the molecule is CNC1CC(C)CC(C)C1CN(CCOC)C(C)C1CC1. The molecule has 3 heteroatoms. The lowest BCUT2D eigenvalue weighted by molar-refractivity contribution is 0.0603. The van der Waals surface area contributed by atoms with Gasteiger partial charge in [0.25, 0.3) is 0 Å². The van der Waals surface area contributed by atoms with E-state index in [1.54, 1.807) is 0 Å². The summed E-state index contributed by atoms with van der Waals surface area (Å²) in [6.45, 7) is 10.5. The zero-order valence-corrected chi connectivity index (χ0v) is 14.8. The number of nitrogens with zero attached hydrogens (tertiary/aromatic N) is 1. The third kappa shape index (κ3) is 4.67. The fraction of sp³-hybridized carbons (Fsp3) is 1.00. The summed E-state index contributed by atoms with van der Waals surface area (Å²) in [5.74, 6) is 3.40. The molecule has 0 aromatic heterocycles. The van der Waals surface area contributed by atoms with E-state index in [0.29, 0.717) is 6.04 Å². The van der Waals surface area contributed by atoms with E-state index >= 15 is 0 Å². The highest BCUT2D eigenvalue weighted by molar-refractivity contribution is 4.92. The zero-order valence-electron chi connectivity index (χ0n) is 14.8. The lowest BCUT2D eigenvalue weighted by atomic mass is 9.72. The van der Waals surface area contributed by atoms with Crippen LogP contribution in [0.5, 0.6) is 0 Å². The van der Waals surface area contributed by atoms with Crippen molar-refractivity contribution < 1.29 is 4.74 Å². The van der Waals surface area contributed by atoms with Crippen molar-refractivity contribution >= 4 is 0 Å². The molecular formula is C18H36N2O. The van der Waals surface area contributed by atoms with E-state index in [9.17, 15) is 0 Å². The topological polar surface area (TPSA) is 24.5 Å². The standard InChI is InChI=1S/C18H36N2O/c1-13-10-14(2)17(18(11-13)19-4)12-20(8-9-21-5)15(3)16-6-7-16/h13-19H,6-12H2,1-5H3. The summed E-state index contributed by atoms with van der Waals surface area (Å²) in [5, 5.41) is 3.60. The fourth-order valence-electron chi connectivity index (χ4n) is 4.37. The van der Waals surface area contributed by atoms with Crippen molar-refractivity contribution in [1.82, 2.24) is 10.2 Å². The quantitative estimate of drug-likeness (QED) is 0.745. The van der Waals surface area contributed by atoms with E-state index < -0.39 is 0 Å². The molecule has 5 unspecified atom stereocenters. The fourth-order valence-corrected chi connectivity index (χ4v) is 4.37. The molecule has 0 spiro atoms. The van der Waals surface area contributed by atoms with Crippen molar-refractivity contribution in [2.75, 3.05) is 33.9 Å². The third-order valence-corrected chi connectivity index (χ3v) is 5.96. The van der Waals surface area contributed by atoms with E-state index in [-0.39, 0.29) is 0 Å². The molecule has 0 aromatic carbocycles. The van der Waals surface area contributed by atoms with Crippen LogP contribution in [0.15, 0.2) is 0 Å². The summed E-state index contributed by atoms with van der Waals surface area (Å²) in [7, 11) is 3.97. The maximum Gasteiger partial charge on any atom is 0.0589 e. The highest BCUT2D eigenvalue weighted by atomic mass is 16.5. The lowest BCUT2D eigenvalue weighted by Crippen LogP contribution is -2.50. The van der Waals surface area contributed by atoms with E-state index in [1.165, 1.54) is 32.2 Å². The summed E-state index contributed by atoms with van der Waals surface area (Å²) in [6, 6.07) is 1.41. The van der Waals surface area contributed by atoms with Crippen LogP contribution >= 0.6 is 0 Å². The molecule has 2 saturated carbocycles. The average molecular weight is 296 g/mol. The van der Waals surface area contributed by atoms with Crippen LogP contribution in [0.25, 0.3) is 0 Å². The first-order valence-corrected chi connectivity index (χ1v) is 8.97. The van der Waals surface area contributed by atoms with Crippen LogP contribution in [0.2, 0.25) is 0 Å². The van der Waals surface area contributed by atoms with Gasteiger partial charge < -0.3 is 10.1 Å². The first-order chi connectivity index (χ1) is 10.1. The van der Waals surface area contributed by atoms with E-state index in [1.807, 2.05) is 7.11 Å². The van der Waals surface area contributed by atoms with Gasteiger partial charge in [-0.3, -0.25) is 4.90 Å². The maximum atomic E-state index is 5.35. The molecule has 2 rings (SSSR count). The van der Waals surface area contributed by atoms with Gasteiger partial charge in [-0.1, -0.05) is 13.8 Å². The van der Waals surface area contributed by atoms with Crippen molar-refractivity contribution in [2.24, 2.45) is 23.7 Å². The molecule has 0 aromatic rings. The number of rotatable bonds is 8. The Balaban J connectivity index is 1.98. The Morgan fingerprint density at radius 3 is 2.52 bits per heavy atom. The van der Waals surface area contributed by atoms with Gasteiger partial charge >= 0.3 is 0 Å². The number of ether oxygens (including phenoxy) is 1. The van der Waals surface area contributed by atoms with Gasteiger partial charge in [0.2, 0.25) is 0 Å². The Labute approximate surface area is 131 Å². The minimum atomic E-state index is 0.681. The van der Waals surface area contributed by atoms with E-state index in [0.717, 1.165) is 42.9 Å². The molecule has 0 radical (unpaired) electrons. The van der Waals surface area contributed by atoms with Gasteiger partial charge in [0.05, 0.1) is 6.61 Å². The summed E-state index contributed by atoms with van der Waals surface area (Å²) in [5.41, 5.74) is 0. The summed E-state index contributed by atoms with van der Waals surface area (Å²) < 4.78 is 5.35. The minimum Gasteiger partial charge on any atom is -0.383 e. The number of methoxy groups -OCH3 is 1. The van der Waals surface area contributed by atoms with Crippen LogP contribution < -0.4 is 5.32 Å². The van der Waals surface area contributed by atoms with Crippen molar-refractivity contribution in [3.63, 3.8) is 0 Å². The molecule has 0 aliphatic heterocycles. The molecule has 0 saturated heterocycles. The Kier molecular flexibility index (Phi) is 6.51. The second-order valence-electron chi connectivity index (χ2n) is 7.68. The van der Waals surface area contributed by atoms with E-state index in [2.05, 4.69) is 38.0 Å². The largest absolute Gasteiger partial charge is 0.383 e. The van der Waals surface area contributed by atoms with Gasteiger partial charge in [0.15, 0.2) is 0 Å². The molecule has 2 aliphatic carbocycles. The van der Waals surface area contributed by atoms with Gasteiger partial charge in [0, 0.05) is 32.3 Å². The summed E-state index contributed by atoms with van der Waals surface area (Å²) in [4.78, 5) is 2.71. The monoisotopic (exact) mass is 296 g/mol. The summed E-state index contributed by atoms with van der Waals surface area (Å²) >= 11 is 0. The van der Waals surface area contributed by atoms with Crippen LogP contribution in [0, 0.1) is 23.7 Å². The average Bonchev–Trinajstić information content (AvgIpc) is 3.28.